The van der Waals surface area contributed by atoms with Gasteiger partial charge in [0.2, 0.25) is 0 Å². The van der Waals surface area contributed by atoms with E-state index in [1.807, 2.05) is 49.1 Å². The summed E-state index contributed by atoms with van der Waals surface area (Å²) in [5, 5.41) is 12.7. The van der Waals surface area contributed by atoms with Gasteiger partial charge in [-0.25, -0.2) is 4.98 Å². The fraction of sp³-hybridized carbons (Fsp3) is 0.414. The van der Waals surface area contributed by atoms with Crippen molar-refractivity contribution >= 4 is 5.91 Å². The van der Waals surface area contributed by atoms with Gasteiger partial charge in [0.05, 0.1) is 19.2 Å². The van der Waals surface area contributed by atoms with Crippen LogP contribution in [0.15, 0.2) is 59.4 Å². The number of carbonyl (C=O) groups excluding carboxylic acids is 1. The second-order valence-electron chi connectivity index (χ2n) is 10.1. The zero-order valence-electron chi connectivity index (χ0n) is 21.6. The van der Waals surface area contributed by atoms with E-state index in [9.17, 15) is 14.7 Å². The quantitative estimate of drug-likeness (QED) is 0.482. The molecule has 2 N–H and O–H groups in total. The maximum Gasteiger partial charge on any atom is 0.257 e. The van der Waals surface area contributed by atoms with E-state index in [4.69, 9.17) is 4.98 Å². The third-order valence-electron chi connectivity index (χ3n) is 7.05. The number of aliphatic hydroxyl groups excluding tert-OH is 1. The van der Waals surface area contributed by atoms with Gasteiger partial charge < -0.3 is 15.3 Å². The minimum atomic E-state index is -0.383. The van der Waals surface area contributed by atoms with E-state index in [2.05, 4.69) is 19.2 Å². The Morgan fingerprint density at radius 3 is 2.31 bits per heavy atom. The van der Waals surface area contributed by atoms with Crippen molar-refractivity contribution in [2.24, 2.45) is 11.8 Å². The maximum atomic E-state index is 14.0. The van der Waals surface area contributed by atoms with E-state index >= 15 is 0 Å². The van der Waals surface area contributed by atoms with Crippen LogP contribution in [0.25, 0.3) is 0 Å². The molecule has 0 bridgehead atoms. The van der Waals surface area contributed by atoms with E-state index in [0.717, 1.165) is 24.2 Å². The highest BCUT2D eigenvalue weighted by Gasteiger charge is 2.35. The average Bonchev–Trinajstić information content (AvgIpc) is 2.86. The van der Waals surface area contributed by atoms with E-state index in [1.54, 1.807) is 28.8 Å². The summed E-state index contributed by atoms with van der Waals surface area (Å²) in [6.07, 6.45) is 0. The number of aliphatic hydroxyl groups is 1. The van der Waals surface area contributed by atoms with Crippen molar-refractivity contribution in [3.05, 3.63) is 98.7 Å². The monoisotopic (exact) mass is 488 g/mol. The molecule has 7 nitrogen and oxygen atoms in total. The molecule has 7 heteroatoms. The lowest BCUT2D eigenvalue weighted by molar-refractivity contribution is 0.0526. The van der Waals surface area contributed by atoms with Crippen molar-refractivity contribution in [3.8, 4) is 0 Å². The molecular weight excluding hydrogens is 452 g/mol. The topological polar surface area (TPSA) is 87.5 Å². The van der Waals surface area contributed by atoms with Crippen molar-refractivity contribution < 1.29 is 9.90 Å². The molecule has 1 aliphatic rings. The Morgan fingerprint density at radius 2 is 1.75 bits per heavy atom. The van der Waals surface area contributed by atoms with Gasteiger partial charge in [-0.05, 0) is 43.0 Å². The Balaban J connectivity index is 1.83. The van der Waals surface area contributed by atoms with Gasteiger partial charge in [-0.2, -0.15) is 0 Å². The van der Waals surface area contributed by atoms with Crippen LogP contribution < -0.4 is 10.9 Å². The first-order valence-electron chi connectivity index (χ1n) is 12.6. The summed E-state index contributed by atoms with van der Waals surface area (Å²) in [6, 6.07) is 16.6. The smallest absolute Gasteiger partial charge is 0.257 e. The molecule has 1 atom stereocenters. The highest BCUT2D eigenvalue weighted by atomic mass is 16.3. The molecule has 3 aromatic rings. The Labute approximate surface area is 212 Å². The second-order valence-corrected chi connectivity index (χ2v) is 10.1. The lowest BCUT2D eigenvalue weighted by Crippen LogP contribution is -2.51. The second kappa shape index (κ2) is 11.2. The van der Waals surface area contributed by atoms with E-state index in [-0.39, 0.29) is 30.0 Å². The number of rotatable bonds is 9. The van der Waals surface area contributed by atoms with Crippen LogP contribution in [0.4, 0.5) is 0 Å². The van der Waals surface area contributed by atoms with Gasteiger partial charge in [-0.15, -0.1) is 0 Å². The van der Waals surface area contributed by atoms with E-state index < -0.39 is 0 Å². The third kappa shape index (κ3) is 5.42. The number of aryl methyl sites for hydroxylation is 1. The van der Waals surface area contributed by atoms with Crippen LogP contribution >= 0.6 is 0 Å². The number of aromatic nitrogens is 2. The summed E-state index contributed by atoms with van der Waals surface area (Å²) in [4.78, 5) is 34.4. The standard InChI is InChI=1S/C29H36N4O3/c1-19(2)26(27-31-21(4)20(3)28(35)33(27)16-22-8-6-5-7-9-22)32(17-24-14-30-15-24)29(36)25-12-10-23(18-34)11-13-25/h5-13,19,24,26,30,34H,14-18H2,1-4H3. The van der Waals surface area contributed by atoms with Crippen LogP contribution in [0, 0.1) is 25.7 Å². The molecule has 1 amide bonds. The molecular formula is C29H36N4O3. The van der Waals surface area contributed by atoms with Crippen molar-refractivity contribution in [3.63, 3.8) is 0 Å². The van der Waals surface area contributed by atoms with Gasteiger partial charge in [0.15, 0.2) is 0 Å². The summed E-state index contributed by atoms with van der Waals surface area (Å²) >= 11 is 0. The lowest BCUT2D eigenvalue weighted by atomic mass is 9.95. The van der Waals surface area contributed by atoms with Crippen LogP contribution in [0.1, 0.15) is 58.5 Å². The Hall–Kier alpha value is -3.29. The Bertz CT molecular complexity index is 1250. The Morgan fingerprint density at radius 1 is 1.08 bits per heavy atom. The third-order valence-corrected chi connectivity index (χ3v) is 7.05. The molecule has 2 aromatic carbocycles. The van der Waals surface area contributed by atoms with Crippen LogP contribution in [0.5, 0.6) is 0 Å². The van der Waals surface area contributed by atoms with Gasteiger partial charge >= 0.3 is 0 Å². The first kappa shape index (κ1) is 25.8. The fourth-order valence-corrected chi connectivity index (χ4v) is 4.72. The van der Waals surface area contributed by atoms with Crippen molar-refractivity contribution in [1.29, 1.82) is 0 Å². The highest BCUT2D eigenvalue weighted by molar-refractivity contribution is 5.94. The van der Waals surface area contributed by atoms with E-state index in [1.165, 1.54) is 0 Å². The molecule has 2 heterocycles. The largest absolute Gasteiger partial charge is 0.392 e. The number of benzene rings is 2. The molecule has 1 aromatic heterocycles. The highest BCUT2D eigenvalue weighted by Crippen LogP contribution is 2.31. The van der Waals surface area contributed by atoms with Gasteiger partial charge in [0, 0.05) is 42.4 Å². The molecule has 1 unspecified atom stereocenters. The predicted molar refractivity (Wildman–Crippen MR) is 141 cm³/mol. The van der Waals surface area contributed by atoms with Crippen molar-refractivity contribution in [1.82, 2.24) is 19.8 Å². The summed E-state index contributed by atoms with van der Waals surface area (Å²) < 4.78 is 1.75. The average molecular weight is 489 g/mol. The molecule has 1 aliphatic heterocycles. The molecule has 36 heavy (non-hydrogen) atoms. The molecule has 0 aliphatic carbocycles. The van der Waals surface area contributed by atoms with Crippen LogP contribution in [0.3, 0.4) is 0 Å². The molecule has 190 valence electrons. The number of nitrogens with zero attached hydrogens (tertiary/aromatic N) is 3. The number of nitrogens with one attached hydrogen (secondary N) is 1. The first-order valence-corrected chi connectivity index (χ1v) is 12.6. The van der Waals surface area contributed by atoms with Gasteiger partial charge in [-0.1, -0.05) is 56.3 Å². The van der Waals surface area contributed by atoms with Gasteiger partial charge in [0.1, 0.15) is 5.82 Å². The molecule has 0 saturated carbocycles. The predicted octanol–water partition coefficient (Wildman–Crippen LogP) is 3.46. The molecule has 4 rings (SSSR count). The van der Waals surface area contributed by atoms with Gasteiger partial charge in [-0.3, -0.25) is 14.2 Å². The van der Waals surface area contributed by atoms with Crippen molar-refractivity contribution in [2.75, 3.05) is 19.6 Å². The zero-order valence-corrected chi connectivity index (χ0v) is 21.6. The summed E-state index contributed by atoms with van der Waals surface area (Å²) in [5.41, 5.74) is 3.57. The minimum Gasteiger partial charge on any atom is -0.392 e. The van der Waals surface area contributed by atoms with Crippen molar-refractivity contribution in [2.45, 2.75) is 46.9 Å². The fourth-order valence-electron chi connectivity index (χ4n) is 4.72. The van der Waals surface area contributed by atoms with Crippen LogP contribution in [0.2, 0.25) is 0 Å². The SMILES string of the molecule is Cc1nc(C(C(C)C)N(CC2CNC2)C(=O)c2ccc(CO)cc2)n(Cc2ccccc2)c(=O)c1C. The van der Waals surface area contributed by atoms with E-state index in [0.29, 0.717) is 41.7 Å². The number of carbonyl (C=O) groups is 1. The lowest BCUT2D eigenvalue weighted by Gasteiger charge is -2.40. The molecule has 1 fully saturated rings. The maximum absolute atomic E-state index is 14.0. The van der Waals surface area contributed by atoms with Crippen LogP contribution in [-0.2, 0) is 13.2 Å². The van der Waals surface area contributed by atoms with Gasteiger partial charge in [0.25, 0.3) is 11.5 Å². The molecule has 0 spiro atoms. The van der Waals surface area contributed by atoms with Crippen LogP contribution in [-0.4, -0.2) is 45.1 Å². The zero-order chi connectivity index (χ0) is 25.8. The minimum absolute atomic E-state index is 0.0229. The Kier molecular flexibility index (Phi) is 8.01. The summed E-state index contributed by atoms with van der Waals surface area (Å²) in [7, 11) is 0. The molecule has 1 saturated heterocycles. The summed E-state index contributed by atoms with van der Waals surface area (Å²) in [5.74, 6) is 0.890. The number of hydrogen-bond acceptors (Lipinski definition) is 5. The number of hydrogen-bond donors (Lipinski definition) is 2. The first-order chi connectivity index (χ1) is 17.3. The normalized spacial score (nSPS) is 14.5. The molecule has 0 radical (unpaired) electrons. The summed E-state index contributed by atoms with van der Waals surface area (Å²) in [6.45, 7) is 10.4. The number of amides is 1.